The van der Waals surface area contributed by atoms with E-state index in [9.17, 15) is 0 Å². The molecule has 0 unspecified atom stereocenters. The van der Waals surface area contributed by atoms with Crippen LogP contribution in [0.5, 0.6) is 0 Å². The molecule has 41 heavy (non-hydrogen) atoms. The van der Waals surface area contributed by atoms with E-state index >= 15 is 0 Å². The summed E-state index contributed by atoms with van der Waals surface area (Å²) in [6.45, 7) is 0. The molecule has 0 spiro atoms. The summed E-state index contributed by atoms with van der Waals surface area (Å²) in [7, 11) is 22.3. The summed E-state index contributed by atoms with van der Waals surface area (Å²) in [5, 5.41) is 0. The summed E-state index contributed by atoms with van der Waals surface area (Å²) in [5.74, 6) is 0. The van der Waals surface area contributed by atoms with Gasteiger partial charge in [0.05, 0.1) is 0 Å². The second-order valence-corrected chi connectivity index (χ2v) is 33.1. The molecule has 0 aliphatic heterocycles. The van der Waals surface area contributed by atoms with E-state index in [0.29, 0.717) is 0 Å². The molecule has 0 saturated heterocycles. The fourth-order valence-corrected chi connectivity index (χ4v) is 11.0. The Kier molecular flexibility index (Phi) is 331. The highest BCUT2D eigenvalue weighted by Crippen LogP contribution is 1.24. The van der Waals surface area contributed by atoms with Gasteiger partial charge in [-0.3, -0.25) is 0 Å². The fraction of sp³-hybridized carbons (Fsp3) is 1.00. The molecule has 0 heterocycles. The molecule has 0 rings (SSSR count). The lowest BCUT2D eigenvalue weighted by atomic mass is 12.0. The van der Waals surface area contributed by atoms with Gasteiger partial charge in [0.25, 0.3) is 0 Å². The molecule has 0 aliphatic carbocycles. The van der Waals surface area contributed by atoms with Crippen molar-refractivity contribution in [3.63, 3.8) is 0 Å². The van der Waals surface area contributed by atoms with Crippen molar-refractivity contribution in [2.75, 3.05) is 0 Å². The molecular formula is CH8S40. The monoisotopic (exact) mass is 1300 g/mol. The lowest BCUT2D eigenvalue weighted by Gasteiger charge is -1.22. The van der Waals surface area contributed by atoms with Crippen LogP contribution in [0.4, 0.5) is 0 Å². The van der Waals surface area contributed by atoms with Crippen molar-refractivity contribution < 1.29 is 0 Å². The van der Waals surface area contributed by atoms with Crippen LogP contribution in [0.25, 0.3) is 0 Å². The van der Waals surface area contributed by atoms with E-state index in [2.05, 4.69) is 224 Å². The van der Waals surface area contributed by atoms with E-state index in [1.807, 2.05) is 0 Å². The molecule has 0 atom stereocenters. The van der Waals surface area contributed by atoms with Gasteiger partial charge in [0.2, 0.25) is 0 Å². The molecule has 0 saturated carbocycles. The van der Waals surface area contributed by atoms with E-state index in [1.54, 1.807) is 0 Å². The van der Waals surface area contributed by atoms with Gasteiger partial charge in [0, 0.05) is 384 Å². The smallest absolute Gasteiger partial charge is 0 e. The Labute approximate surface area is 407 Å². The van der Waals surface area contributed by atoms with Crippen LogP contribution in [0.1, 0.15) is 7.43 Å². The molecule has 0 N–H and O–H groups in total. The van der Waals surface area contributed by atoms with Gasteiger partial charge in [-0.1, -0.05) is 7.43 Å². The van der Waals surface area contributed by atoms with Gasteiger partial charge in [0.1, 0.15) is 0 Å². The molecule has 0 fully saturated rings. The van der Waals surface area contributed by atoms with E-state index in [1.165, 1.54) is 142 Å². The summed E-state index contributed by atoms with van der Waals surface area (Å²) in [4.78, 5) is 0. The molecule has 0 radical (unpaired) electrons. The van der Waals surface area contributed by atoms with Crippen LogP contribution < -0.4 is 0 Å². The maximum Gasteiger partial charge on any atom is 0 e. The van der Waals surface area contributed by atoms with Crippen LogP contribution in [0.15, 0.2) is 0 Å². The predicted octanol–water partition coefficient (Wildman–Crippen LogP) is 0.771. The quantitative estimate of drug-likeness (QED) is 0.336. The Morgan fingerprint density at radius 1 is 0.220 bits per heavy atom. The molecule has 0 aromatic heterocycles. The maximum absolute atomic E-state index is 4.44. The van der Waals surface area contributed by atoms with Gasteiger partial charge >= 0.3 is 0 Å². The van der Waals surface area contributed by atoms with Gasteiger partial charge in [-0.15, -0.1) is 0 Å². The van der Waals surface area contributed by atoms with Gasteiger partial charge in [-0.2, -0.15) is 27.0 Å². The standard InChI is InChI=1S/CH4.4S5.2S4.2S3.2S2.2H2S/c;4*1-3-5-4-2;2*1-3-4-2;2*1-3-2;2*1-2;;/h1H4;;;;;;;;;;;2*1H2. The molecule has 0 nitrogen and oxygen atoms in total. The average molecular weight is 1300 g/mol. The Balaban J connectivity index is -0.0000000194. The van der Waals surface area contributed by atoms with E-state index in [0.717, 1.165) is 17.8 Å². The van der Waals surface area contributed by atoms with Crippen LogP contribution in [-0.2, 0) is 384 Å². The average Bonchev–Trinajstić information content (AvgIpc) is 2.95. The van der Waals surface area contributed by atoms with E-state index < -0.39 is 0 Å². The molecule has 0 aromatic rings. The molecule has 40 heteroatoms. The highest BCUT2D eigenvalue weighted by molar-refractivity contribution is 8.61. The molecule has 0 aromatic carbocycles. The number of hydrogen-bond acceptors (Lipinski definition) is 20. The minimum atomic E-state index is 0. The van der Waals surface area contributed by atoms with Crippen molar-refractivity contribution in [1.29, 1.82) is 0 Å². The van der Waals surface area contributed by atoms with Crippen LogP contribution in [-0.4, -0.2) is 0 Å². The van der Waals surface area contributed by atoms with Crippen molar-refractivity contribution in [1.82, 2.24) is 0 Å². The first kappa shape index (κ1) is 87.7. The Morgan fingerprint density at radius 3 is 0.293 bits per heavy atom. The number of rotatable bonds is 0. The second-order valence-electron chi connectivity index (χ2n) is 1.22. The highest BCUT2D eigenvalue weighted by atomic mass is 33.3. The zero-order valence-electron chi connectivity index (χ0n) is 16.5. The Hall–Kier alpha value is 9.06. The topological polar surface area (TPSA) is 0 Å². The Morgan fingerprint density at radius 2 is 0.293 bits per heavy atom. The first-order chi connectivity index (χ1) is 18.3. The third-order valence-electron chi connectivity index (χ3n) is 0.278. The Bertz CT molecular complexity index is 956. The van der Waals surface area contributed by atoms with Crippen LogP contribution >= 0.6 is 27.0 Å². The van der Waals surface area contributed by atoms with Crippen molar-refractivity contribution in [2.45, 2.75) is 7.43 Å². The van der Waals surface area contributed by atoms with Crippen LogP contribution in [0, 0.1) is 0 Å². The fourth-order valence-electron chi connectivity index (χ4n) is 0.0454. The van der Waals surface area contributed by atoms with Crippen LogP contribution in [0.2, 0.25) is 0 Å². The third kappa shape index (κ3) is 299. The van der Waals surface area contributed by atoms with Crippen molar-refractivity contribution in [2.24, 2.45) is 0 Å². The highest BCUT2D eigenvalue weighted by Gasteiger charge is 1.24. The summed E-state index contributed by atoms with van der Waals surface area (Å²) in [5.41, 5.74) is 0. The van der Waals surface area contributed by atoms with Gasteiger partial charge in [-0.25, -0.2) is 0 Å². The van der Waals surface area contributed by atoms with E-state index in [-0.39, 0.29) is 34.4 Å². The van der Waals surface area contributed by atoms with E-state index in [4.69, 9.17) is 0 Å². The summed E-state index contributed by atoms with van der Waals surface area (Å²) >= 11 is 84.0. The third-order valence-corrected chi connectivity index (χ3v) is 22.5. The zero-order chi connectivity index (χ0) is 32.7. The van der Waals surface area contributed by atoms with Crippen molar-refractivity contribution in [3.05, 3.63) is 0 Å². The first-order valence-corrected chi connectivity index (χ1v) is 42.0. The minimum Gasteiger partial charge on any atom is -0.197 e. The maximum atomic E-state index is 4.44. The molecule has 0 amide bonds. The summed E-state index contributed by atoms with van der Waals surface area (Å²) in [6.07, 6.45) is 0. The molecular weight excluding hydrogens is 1290 g/mol. The molecule has 0 aliphatic rings. The minimum absolute atomic E-state index is 0. The van der Waals surface area contributed by atoms with Crippen molar-refractivity contribution in [3.8, 4) is 0 Å². The lowest BCUT2D eigenvalue weighted by molar-refractivity contribution is 2.50. The largest absolute Gasteiger partial charge is 0.197 e. The van der Waals surface area contributed by atoms with Crippen LogP contribution in [0.3, 0.4) is 0 Å². The van der Waals surface area contributed by atoms with Gasteiger partial charge in [0.15, 0.2) is 0 Å². The normalized spacial score (nSPS) is 4.49. The lowest BCUT2D eigenvalue weighted by Crippen LogP contribution is -1.23. The van der Waals surface area contributed by atoms with Crippen molar-refractivity contribution >= 4 is 411 Å². The summed E-state index contributed by atoms with van der Waals surface area (Å²) in [6, 6.07) is 0. The molecule has 252 valence electrons. The van der Waals surface area contributed by atoms with Gasteiger partial charge < -0.3 is 0 Å². The second kappa shape index (κ2) is 155. The summed E-state index contributed by atoms with van der Waals surface area (Å²) < 4.78 is 0. The predicted molar refractivity (Wildman–Crippen MR) is 307 cm³/mol. The first-order valence-electron chi connectivity index (χ1n) is 4.67. The molecule has 0 bridgehead atoms. The number of hydrogen-bond donors (Lipinski definition) is 0. The SMILES string of the molecule is C.S.S.S=S.S=S.S=S=S.S=S=S.S=S=S=S.S=S=S=S.S=S=S=S=S.S=S=S=S=S.S=S=S=S=S.S=S=S=S=S. The zero-order valence-corrected chi connectivity index (χ0v) is 49.5. The van der Waals surface area contributed by atoms with Gasteiger partial charge in [-0.05, 0) is 0 Å².